The first-order chi connectivity index (χ1) is 3.83. The molecule has 0 aromatic rings. The summed E-state index contributed by atoms with van der Waals surface area (Å²) in [4.78, 5) is 11.9. The van der Waals surface area contributed by atoms with Crippen LogP contribution in [-0.2, 0) is 4.79 Å². The van der Waals surface area contributed by atoms with Gasteiger partial charge in [0.05, 0.1) is 6.54 Å². The van der Waals surface area contributed by atoms with E-state index in [4.69, 9.17) is 5.26 Å². The van der Waals surface area contributed by atoms with Crippen molar-refractivity contribution in [2.24, 2.45) is 0 Å². The van der Waals surface area contributed by atoms with Crippen molar-refractivity contribution >= 4 is 5.78 Å². The van der Waals surface area contributed by atoms with E-state index in [1.54, 1.807) is 0 Å². The molecule has 1 heterocycles. The Morgan fingerprint density at radius 2 is 2.50 bits per heavy atom. The molecule has 0 N–H and O–H groups in total. The molecule has 1 aliphatic rings. The van der Waals surface area contributed by atoms with E-state index >= 15 is 0 Å². The molecule has 8 heavy (non-hydrogen) atoms. The number of ketones is 1. The maximum Gasteiger partial charge on any atom is 0.179 e. The summed E-state index contributed by atoms with van der Waals surface area (Å²) >= 11 is 0. The van der Waals surface area contributed by atoms with Crippen LogP contribution in [-0.4, -0.2) is 23.8 Å². The second-order valence-electron chi connectivity index (χ2n) is 1.81. The van der Waals surface area contributed by atoms with E-state index < -0.39 is 0 Å². The number of nitriles is 1. The zero-order valence-corrected chi connectivity index (χ0v) is 4.42. The molecule has 1 fully saturated rings. The van der Waals surface area contributed by atoms with Crippen molar-refractivity contribution in [3.05, 3.63) is 0 Å². The van der Waals surface area contributed by atoms with E-state index in [1.807, 2.05) is 6.19 Å². The number of nitrogens with zero attached hydrogens (tertiary/aromatic N) is 2. The lowest BCUT2D eigenvalue weighted by molar-refractivity contribution is -0.116. The van der Waals surface area contributed by atoms with Crippen LogP contribution in [0.5, 0.6) is 0 Å². The average Bonchev–Trinajstić information content (AvgIpc) is 2.14. The summed E-state index contributed by atoms with van der Waals surface area (Å²) in [6, 6.07) is 0. The van der Waals surface area contributed by atoms with Crippen molar-refractivity contribution in [3.63, 3.8) is 0 Å². The van der Waals surface area contributed by atoms with Gasteiger partial charge >= 0.3 is 0 Å². The zero-order chi connectivity index (χ0) is 5.98. The van der Waals surface area contributed by atoms with Gasteiger partial charge in [-0.15, -0.1) is 0 Å². The standard InChI is InChI=1S/C5H6N2O/c6-4-7-2-1-5(8)3-7/h1-3H2. The number of hydrogen-bond donors (Lipinski definition) is 0. The van der Waals surface area contributed by atoms with E-state index in [9.17, 15) is 4.79 Å². The van der Waals surface area contributed by atoms with Gasteiger partial charge in [-0.25, -0.2) is 0 Å². The fourth-order valence-corrected chi connectivity index (χ4v) is 0.716. The predicted molar refractivity (Wildman–Crippen MR) is 26.8 cm³/mol. The first-order valence-electron chi connectivity index (χ1n) is 2.49. The lowest BCUT2D eigenvalue weighted by atomic mass is 10.4. The monoisotopic (exact) mass is 110 g/mol. The Morgan fingerprint density at radius 1 is 1.75 bits per heavy atom. The second kappa shape index (κ2) is 1.83. The molecular formula is C5H6N2O. The van der Waals surface area contributed by atoms with Crippen LogP contribution in [0.3, 0.4) is 0 Å². The molecule has 0 amide bonds. The Hall–Kier alpha value is -1.04. The van der Waals surface area contributed by atoms with Gasteiger partial charge in [-0.3, -0.25) is 4.79 Å². The Kier molecular flexibility index (Phi) is 1.17. The van der Waals surface area contributed by atoms with Crippen molar-refractivity contribution in [2.45, 2.75) is 6.42 Å². The number of likely N-dealkylation sites (tertiary alicyclic amines) is 1. The van der Waals surface area contributed by atoms with Crippen LogP contribution in [0.2, 0.25) is 0 Å². The first kappa shape index (κ1) is 5.10. The van der Waals surface area contributed by atoms with Crippen molar-refractivity contribution < 1.29 is 4.79 Å². The van der Waals surface area contributed by atoms with Crippen LogP contribution in [0.25, 0.3) is 0 Å². The van der Waals surface area contributed by atoms with Gasteiger partial charge in [-0.2, -0.15) is 5.26 Å². The maximum atomic E-state index is 10.4. The van der Waals surface area contributed by atoms with Crippen LogP contribution in [0.15, 0.2) is 0 Å². The Balaban J connectivity index is 2.47. The van der Waals surface area contributed by atoms with Gasteiger partial charge in [0.2, 0.25) is 0 Å². The fourth-order valence-electron chi connectivity index (χ4n) is 0.716. The normalized spacial score (nSPS) is 18.9. The summed E-state index contributed by atoms with van der Waals surface area (Å²) in [6.07, 6.45) is 2.46. The topological polar surface area (TPSA) is 44.1 Å². The minimum atomic E-state index is 0.173. The average molecular weight is 110 g/mol. The molecule has 0 aromatic carbocycles. The molecule has 0 radical (unpaired) electrons. The molecule has 0 spiro atoms. The third-order valence-electron chi connectivity index (χ3n) is 1.17. The highest BCUT2D eigenvalue weighted by molar-refractivity contribution is 5.82. The molecule has 1 rings (SSSR count). The van der Waals surface area contributed by atoms with Gasteiger partial charge in [0.15, 0.2) is 12.0 Å². The van der Waals surface area contributed by atoms with E-state index in [2.05, 4.69) is 0 Å². The molecule has 0 aliphatic carbocycles. The highest BCUT2D eigenvalue weighted by Gasteiger charge is 2.16. The molecule has 3 heteroatoms. The molecule has 3 nitrogen and oxygen atoms in total. The number of carbonyl (C=O) groups excluding carboxylic acids is 1. The van der Waals surface area contributed by atoms with Crippen LogP contribution in [0.4, 0.5) is 0 Å². The summed E-state index contributed by atoms with van der Waals surface area (Å²) in [7, 11) is 0. The molecule has 1 aliphatic heterocycles. The largest absolute Gasteiger partial charge is 0.303 e. The van der Waals surface area contributed by atoms with Gasteiger partial charge in [0, 0.05) is 13.0 Å². The minimum Gasteiger partial charge on any atom is -0.303 e. The van der Waals surface area contributed by atoms with Crippen molar-refractivity contribution in [1.29, 1.82) is 5.26 Å². The molecule has 0 saturated carbocycles. The summed E-state index contributed by atoms with van der Waals surface area (Å²) < 4.78 is 0. The molecule has 1 saturated heterocycles. The molecule has 0 unspecified atom stereocenters. The molecule has 42 valence electrons. The predicted octanol–water partition coefficient (Wildman–Crippen LogP) is -0.258. The summed E-state index contributed by atoms with van der Waals surface area (Å²) in [5, 5.41) is 8.21. The lowest BCUT2D eigenvalue weighted by Crippen LogP contribution is -2.12. The lowest BCUT2D eigenvalue weighted by Gasteiger charge is -1.98. The van der Waals surface area contributed by atoms with E-state index in [0.29, 0.717) is 19.5 Å². The van der Waals surface area contributed by atoms with Crippen LogP contribution in [0.1, 0.15) is 6.42 Å². The number of Topliss-reactive ketones (excluding diaryl/α,β-unsaturated/α-hetero) is 1. The Bertz CT molecular complexity index is 147. The smallest absolute Gasteiger partial charge is 0.179 e. The van der Waals surface area contributed by atoms with Crippen LogP contribution < -0.4 is 0 Å². The number of rotatable bonds is 0. The van der Waals surface area contributed by atoms with E-state index in [1.165, 1.54) is 4.90 Å². The molecule has 0 atom stereocenters. The maximum absolute atomic E-state index is 10.4. The third-order valence-corrected chi connectivity index (χ3v) is 1.17. The Morgan fingerprint density at radius 3 is 2.75 bits per heavy atom. The molecule has 0 aromatic heterocycles. The van der Waals surface area contributed by atoms with Crippen LogP contribution >= 0.6 is 0 Å². The zero-order valence-electron chi connectivity index (χ0n) is 4.42. The first-order valence-corrected chi connectivity index (χ1v) is 2.49. The summed E-state index contributed by atoms with van der Waals surface area (Å²) in [5.74, 6) is 0.173. The van der Waals surface area contributed by atoms with Crippen LogP contribution in [0, 0.1) is 11.5 Å². The summed E-state index contributed by atoms with van der Waals surface area (Å²) in [5.41, 5.74) is 0. The van der Waals surface area contributed by atoms with Crippen molar-refractivity contribution in [1.82, 2.24) is 4.90 Å². The second-order valence-corrected chi connectivity index (χ2v) is 1.81. The third kappa shape index (κ3) is 0.784. The van der Waals surface area contributed by atoms with Gasteiger partial charge in [0.1, 0.15) is 0 Å². The quantitative estimate of drug-likeness (QED) is 0.403. The SMILES string of the molecule is N#CN1CCC(=O)C1. The van der Waals surface area contributed by atoms with E-state index in [-0.39, 0.29) is 5.78 Å². The molecular weight excluding hydrogens is 104 g/mol. The Labute approximate surface area is 47.5 Å². The van der Waals surface area contributed by atoms with Crippen molar-refractivity contribution in [3.8, 4) is 6.19 Å². The van der Waals surface area contributed by atoms with Gasteiger partial charge in [-0.1, -0.05) is 0 Å². The van der Waals surface area contributed by atoms with Gasteiger partial charge < -0.3 is 4.90 Å². The summed E-state index contributed by atoms with van der Waals surface area (Å²) in [6.45, 7) is 0.950. The highest BCUT2D eigenvalue weighted by Crippen LogP contribution is 2.00. The van der Waals surface area contributed by atoms with Gasteiger partial charge in [0.25, 0.3) is 0 Å². The van der Waals surface area contributed by atoms with E-state index in [0.717, 1.165) is 0 Å². The van der Waals surface area contributed by atoms with Crippen molar-refractivity contribution in [2.75, 3.05) is 13.1 Å². The van der Waals surface area contributed by atoms with Gasteiger partial charge in [-0.05, 0) is 0 Å². The number of hydrogen-bond acceptors (Lipinski definition) is 3. The molecule has 0 bridgehead atoms. The highest BCUT2D eigenvalue weighted by atomic mass is 16.1. The minimum absolute atomic E-state index is 0.173. The number of carbonyl (C=O) groups is 1. The fraction of sp³-hybridized carbons (Fsp3) is 0.600.